The van der Waals surface area contributed by atoms with E-state index in [1.54, 1.807) is 49.4 Å². The number of aliphatic carboxylic acids is 1. The van der Waals surface area contributed by atoms with Gasteiger partial charge < -0.3 is 20.3 Å². The molecule has 1 aliphatic rings. The highest BCUT2D eigenvalue weighted by molar-refractivity contribution is 5.71. The molecule has 4 rings (SSSR count). The third-order valence-electron chi connectivity index (χ3n) is 6.38. The molecular weight excluding hydrogens is 459 g/mol. The largest absolute Gasteiger partial charge is 0.492 e. The van der Waals surface area contributed by atoms with Gasteiger partial charge in [-0.15, -0.1) is 0 Å². The molecule has 1 atom stereocenters. The number of hydrogen-bond acceptors (Lipinski definition) is 5. The summed E-state index contributed by atoms with van der Waals surface area (Å²) in [6, 6.07) is 17.5. The Hall–Kier alpha value is -3.42. The molecule has 190 valence electrons. The van der Waals surface area contributed by atoms with E-state index >= 15 is 4.39 Å². The van der Waals surface area contributed by atoms with Crippen LogP contribution >= 0.6 is 0 Å². The van der Waals surface area contributed by atoms with E-state index in [9.17, 15) is 9.90 Å². The fourth-order valence-electron chi connectivity index (χ4n) is 4.52. The molecule has 0 aromatic heterocycles. The SMILES string of the molecule is C[C@@H](N)c1cccc(-c2cc(COc3ccccc3CC(=O)O)cc(OCCN3CCCC3)c2)c1F. The molecule has 6 nitrogen and oxygen atoms in total. The number of carboxylic acids is 1. The van der Waals surface area contributed by atoms with E-state index in [1.165, 1.54) is 12.8 Å². The Balaban J connectivity index is 1.60. The van der Waals surface area contributed by atoms with Gasteiger partial charge in [0.25, 0.3) is 0 Å². The van der Waals surface area contributed by atoms with Crippen molar-refractivity contribution in [1.82, 2.24) is 4.90 Å². The van der Waals surface area contributed by atoms with Crippen LogP contribution < -0.4 is 15.2 Å². The second-order valence-electron chi connectivity index (χ2n) is 9.23. The summed E-state index contributed by atoms with van der Waals surface area (Å²) in [6.07, 6.45) is 2.31. The summed E-state index contributed by atoms with van der Waals surface area (Å²) in [5.41, 5.74) is 8.93. The minimum Gasteiger partial charge on any atom is -0.492 e. The number of benzene rings is 3. The zero-order valence-corrected chi connectivity index (χ0v) is 20.6. The third kappa shape index (κ3) is 6.62. The van der Waals surface area contributed by atoms with Gasteiger partial charge in [-0.25, -0.2) is 4.39 Å². The Morgan fingerprint density at radius 1 is 1.08 bits per heavy atom. The summed E-state index contributed by atoms with van der Waals surface area (Å²) >= 11 is 0. The fourth-order valence-corrected chi connectivity index (χ4v) is 4.52. The van der Waals surface area contributed by atoms with E-state index < -0.39 is 12.0 Å². The van der Waals surface area contributed by atoms with Crippen LogP contribution in [0.5, 0.6) is 11.5 Å². The lowest BCUT2D eigenvalue weighted by Gasteiger charge is -2.17. The van der Waals surface area contributed by atoms with Gasteiger partial charge in [0.15, 0.2) is 0 Å². The highest BCUT2D eigenvalue weighted by Gasteiger charge is 2.16. The maximum absolute atomic E-state index is 15.3. The number of halogens is 1. The maximum atomic E-state index is 15.3. The van der Waals surface area contributed by atoms with Crippen LogP contribution in [-0.2, 0) is 17.8 Å². The Labute approximate surface area is 211 Å². The number of hydrogen-bond donors (Lipinski definition) is 2. The second kappa shape index (κ2) is 12.0. The minimum atomic E-state index is -0.925. The molecule has 7 heteroatoms. The number of likely N-dealkylation sites (tertiary alicyclic amines) is 1. The van der Waals surface area contributed by atoms with E-state index in [4.69, 9.17) is 15.2 Å². The summed E-state index contributed by atoms with van der Waals surface area (Å²) in [7, 11) is 0. The van der Waals surface area contributed by atoms with Crippen LogP contribution in [0.4, 0.5) is 4.39 Å². The Kier molecular flexibility index (Phi) is 8.57. The number of nitrogens with zero attached hydrogens (tertiary/aromatic N) is 1. The molecule has 0 aliphatic carbocycles. The fraction of sp³-hybridized carbons (Fsp3) is 0.345. The van der Waals surface area contributed by atoms with Crippen LogP contribution in [0.2, 0.25) is 0 Å². The second-order valence-corrected chi connectivity index (χ2v) is 9.23. The number of rotatable bonds is 11. The molecular formula is C29H33FN2O4. The van der Waals surface area contributed by atoms with Crippen molar-refractivity contribution in [1.29, 1.82) is 0 Å². The topological polar surface area (TPSA) is 85.0 Å². The molecule has 3 aromatic rings. The number of carbonyl (C=O) groups is 1. The van der Waals surface area contributed by atoms with E-state index in [2.05, 4.69) is 4.90 Å². The monoisotopic (exact) mass is 492 g/mol. The van der Waals surface area contributed by atoms with Gasteiger partial charge in [-0.05, 0) is 68.2 Å². The first-order valence-electron chi connectivity index (χ1n) is 12.4. The Morgan fingerprint density at radius 3 is 2.61 bits per heavy atom. The minimum absolute atomic E-state index is 0.129. The van der Waals surface area contributed by atoms with Crippen molar-refractivity contribution in [3.8, 4) is 22.6 Å². The first-order chi connectivity index (χ1) is 17.4. The van der Waals surface area contributed by atoms with Crippen molar-refractivity contribution >= 4 is 5.97 Å². The van der Waals surface area contributed by atoms with Crippen LogP contribution in [0.25, 0.3) is 11.1 Å². The molecule has 1 fully saturated rings. The molecule has 3 N–H and O–H groups in total. The van der Waals surface area contributed by atoms with Crippen LogP contribution in [0.15, 0.2) is 60.7 Å². The van der Waals surface area contributed by atoms with E-state index in [0.29, 0.717) is 40.4 Å². The lowest BCUT2D eigenvalue weighted by Crippen LogP contribution is -2.25. The lowest BCUT2D eigenvalue weighted by atomic mass is 9.97. The first-order valence-corrected chi connectivity index (χ1v) is 12.4. The molecule has 3 aromatic carbocycles. The summed E-state index contributed by atoms with van der Waals surface area (Å²) in [4.78, 5) is 13.6. The summed E-state index contributed by atoms with van der Waals surface area (Å²) in [5.74, 6) is -0.131. The predicted molar refractivity (Wildman–Crippen MR) is 138 cm³/mol. The van der Waals surface area contributed by atoms with Gasteiger partial charge in [0, 0.05) is 29.3 Å². The van der Waals surface area contributed by atoms with E-state index in [-0.39, 0.29) is 18.8 Å². The highest BCUT2D eigenvalue weighted by atomic mass is 19.1. The van der Waals surface area contributed by atoms with Gasteiger partial charge >= 0.3 is 5.97 Å². The number of para-hydroxylation sites is 1. The summed E-state index contributed by atoms with van der Waals surface area (Å²) < 4.78 is 27.4. The number of ether oxygens (including phenoxy) is 2. The molecule has 1 saturated heterocycles. The molecule has 0 spiro atoms. The predicted octanol–water partition coefficient (Wildman–Crippen LogP) is 5.19. The Bertz CT molecular complexity index is 1190. The molecule has 0 bridgehead atoms. The van der Waals surface area contributed by atoms with Crippen LogP contribution in [0, 0.1) is 5.82 Å². The van der Waals surface area contributed by atoms with E-state index in [0.717, 1.165) is 25.2 Å². The van der Waals surface area contributed by atoms with Crippen LogP contribution in [0.3, 0.4) is 0 Å². The average Bonchev–Trinajstić information content (AvgIpc) is 3.36. The maximum Gasteiger partial charge on any atom is 0.307 e. The van der Waals surface area contributed by atoms with Gasteiger partial charge in [0.2, 0.25) is 0 Å². The molecule has 0 amide bonds. The smallest absolute Gasteiger partial charge is 0.307 e. The molecule has 0 radical (unpaired) electrons. The molecule has 0 unspecified atom stereocenters. The molecule has 36 heavy (non-hydrogen) atoms. The molecule has 0 saturated carbocycles. The molecule has 1 aliphatic heterocycles. The Morgan fingerprint density at radius 2 is 1.86 bits per heavy atom. The van der Waals surface area contributed by atoms with Gasteiger partial charge in [0.1, 0.15) is 30.5 Å². The van der Waals surface area contributed by atoms with Crippen molar-refractivity contribution in [2.45, 2.75) is 38.8 Å². The number of nitrogens with two attached hydrogens (primary N) is 1. The van der Waals surface area contributed by atoms with Crippen molar-refractivity contribution in [3.63, 3.8) is 0 Å². The standard InChI is InChI=1S/C29H33FN2O4/c1-20(31)25-8-6-9-26(29(25)30)23-15-21(16-24(17-23)35-14-13-32-11-4-5-12-32)19-36-27-10-3-2-7-22(27)18-28(33)34/h2-3,6-10,15-17,20H,4-5,11-14,18-19,31H2,1H3,(H,33,34)/t20-/m1/s1. The van der Waals surface area contributed by atoms with Crippen LogP contribution in [-0.4, -0.2) is 42.2 Å². The summed E-state index contributed by atoms with van der Waals surface area (Å²) in [6.45, 7) is 5.50. The third-order valence-corrected chi connectivity index (χ3v) is 6.38. The van der Waals surface area contributed by atoms with Gasteiger partial charge in [-0.2, -0.15) is 0 Å². The van der Waals surface area contributed by atoms with Crippen molar-refractivity contribution in [3.05, 3.63) is 83.2 Å². The lowest BCUT2D eigenvalue weighted by molar-refractivity contribution is -0.136. The molecule has 1 heterocycles. The van der Waals surface area contributed by atoms with Crippen LogP contribution in [0.1, 0.15) is 42.5 Å². The van der Waals surface area contributed by atoms with Gasteiger partial charge in [-0.3, -0.25) is 9.69 Å². The normalized spacial score (nSPS) is 14.5. The first kappa shape index (κ1) is 25.7. The van der Waals surface area contributed by atoms with Crippen molar-refractivity contribution in [2.24, 2.45) is 5.73 Å². The van der Waals surface area contributed by atoms with Gasteiger partial charge in [-0.1, -0.05) is 36.4 Å². The summed E-state index contributed by atoms with van der Waals surface area (Å²) in [5, 5.41) is 9.20. The highest BCUT2D eigenvalue weighted by Crippen LogP contribution is 2.32. The van der Waals surface area contributed by atoms with Crippen molar-refractivity contribution in [2.75, 3.05) is 26.2 Å². The zero-order chi connectivity index (χ0) is 25.5. The van der Waals surface area contributed by atoms with Gasteiger partial charge in [0.05, 0.1) is 6.42 Å². The number of carboxylic acid groups (broad SMARTS) is 1. The quantitative estimate of drug-likeness (QED) is 0.383. The van der Waals surface area contributed by atoms with Crippen molar-refractivity contribution < 1.29 is 23.8 Å². The van der Waals surface area contributed by atoms with E-state index in [1.807, 2.05) is 18.2 Å². The average molecular weight is 493 g/mol. The zero-order valence-electron chi connectivity index (χ0n) is 20.6.